The number of ether oxygens (including phenoxy) is 1. The maximum absolute atomic E-state index is 12.1. The smallest absolute Gasteiger partial charge is 0.338 e. The molecule has 2 aromatic rings. The van der Waals surface area contributed by atoms with E-state index in [4.69, 9.17) is 27.9 Å². The first kappa shape index (κ1) is 17.7. The van der Waals surface area contributed by atoms with E-state index in [1.54, 1.807) is 6.07 Å². The average Bonchev–Trinajstić information content (AvgIpc) is 2.61. The summed E-state index contributed by atoms with van der Waals surface area (Å²) >= 11 is 11.7. The van der Waals surface area contributed by atoms with Gasteiger partial charge in [-0.2, -0.15) is 0 Å². The topological polar surface area (TPSA) is 68.3 Å². The fraction of sp³-hybridized carbons (Fsp3) is 0.278. The molecule has 0 radical (unpaired) electrons. The lowest BCUT2D eigenvalue weighted by Crippen LogP contribution is -2.21. The van der Waals surface area contributed by atoms with Crippen molar-refractivity contribution in [1.29, 1.82) is 0 Å². The van der Waals surface area contributed by atoms with Gasteiger partial charge in [-0.3, -0.25) is 4.79 Å². The van der Waals surface area contributed by atoms with E-state index in [1.807, 2.05) is 12.1 Å². The monoisotopic (exact) mass is 378 g/mol. The van der Waals surface area contributed by atoms with Crippen LogP contribution < -0.4 is 5.32 Å². The minimum atomic E-state index is -0.529. The molecule has 0 atom stereocenters. The van der Waals surface area contributed by atoms with Crippen LogP contribution in [-0.2, 0) is 22.4 Å². The third-order valence-electron chi connectivity index (χ3n) is 3.98. The number of hydrogen-bond donors (Lipinski definition) is 1. The Morgan fingerprint density at radius 3 is 2.64 bits per heavy atom. The summed E-state index contributed by atoms with van der Waals surface area (Å²) in [6.07, 6.45) is 5.68. The van der Waals surface area contributed by atoms with Gasteiger partial charge in [0.05, 0.1) is 15.6 Å². The van der Waals surface area contributed by atoms with Crippen molar-refractivity contribution >= 4 is 40.9 Å². The molecule has 0 aliphatic heterocycles. The molecule has 130 valence electrons. The quantitative estimate of drug-likeness (QED) is 0.814. The summed E-state index contributed by atoms with van der Waals surface area (Å²) in [5.74, 6) is -0.886. The van der Waals surface area contributed by atoms with E-state index >= 15 is 0 Å². The molecule has 0 spiro atoms. The first-order valence-electron chi connectivity index (χ1n) is 7.93. The van der Waals surface area contributed by atoms with E-state index in [9.17, 15) is 9.59 Å². The van der Waals surface area contributed by atoms with Crippen LogP contribution in [0.4, 0.5) is 5.82 Å². The number of esters is 1. The molecule has 0 saturated heterocycles. The number of carbonyl (C=O) groups is 2. The van der Waals surface area contributed by atoms with Crippen molar-refractivity contribution in [2.24, 2.45) is 0 Å². The van der Waals surface area contributed by atoms with Gasteiger partial charge >= 0.3 is 5.97 Å². The summed E-state index contributed by atoms with van der Waals surface area (Å²) < 4.78 is 5.07. The average molecular weight is 379 g/mol. The molecule has 1 N–H and O–H groups in total. The van der Waals surface area contributed by atoms with Crippen LogP contribution in [0.15, 0.2) is 30.5 Å². The van der Waals surface area contributed by atoms with Crippen molar-refractivity contribution in [3.63, 3.8) is 0 Å². The Hall–Kier alpha value is -2.11. The number of aryl methyl sites for hydroxylation is 2. The van der Waals surface area contributed by atoms with Crippen LogP contribution in [0.2, 0.25) is 10.0 Å². The molecule has 0 fully saturated rings. The van der Waals surface area contributed by atoms with E-state index in [2.05, 4.69) is 10.3 Å². The highest BCUT2D eigenvalue weighted by atomic mass is 35.5. The third kappa shape index (κ3) is 4.50. The molecule has 7 heteroatoms. The van der Waals surface area contributed by atoms with Crippen LogP contribution in [0.5, 0.6) is 0 Å². The van der Waals surface area contributed by atoms with E-state index in [1.165, 1.54) is 29.8 Å². The number of amides is 1. The highest BCUT2D eigenvalue weighted by molar-refractivity contribution is 6.36. The third-order valence-corrected chi connectivity index (χ3v) is 4.48. The van der Waals surface area contributed by atoms with Crippen molar-refractivity contribution in [2.75, 3.05) is 11.9 Å². The minimum absolute atomic E-state index is 0.167. The summed E-state index contributed by atoms with van der Waals surface area (Å²) in [6.45, 7) is -0.420. The molecule has 0 unspecified atom stereocenters. The number of anilines is 1. The first-order chi connectivity index (χ1) is 12.0. The van der Waals surface area contributed by atoms with Crippen molar-refractivity contribution < 1.29 is 14.3 Å². The van der Waals surface area contributed by atoms with Gasteiger partial charge < -0.3 is 10.1 Å². The van der Waals surface area contributed by atoms with Gasteiger partial charge in [0.2, 0.25) is 0 Å². The molecule has 1 heterocycles. The summed E-state index contributed by atoms with van der Waals surface area (Å²) in [5, 5.41) is 3.05. The van der Waals surface area contributed by atoms with Crippen LogP contribution in [0.3, 0.4) is 0 Å². The van der Waals surface area contributed by atoms with Gasteiger partial charge in [0.25, 0.3) is 5.91 Å². The zero-order valence-electron chi connectivity index (χ0n) is 13.4. The molecule has 25 heavy (non-hydrogen) atoms. The fourth-order valence-corrected chi connectivity index (χ4v) is 3.18. The Bertz CT molecular complexity index is 824. The number of benzene rings is 1. The predicted octanol–water partition coefficient (Wildman–Crippen LogP) is 4.06. The molecule has 1 aromatic heterocycles. The van der Waals surface area contributed by atoms with E-state index in [0.717, 1.165) is 19.3 Å². The maximum Gasteiger partial charge on any atom is 0.338 e. The predicted molar refractivity (Wildman–Crippen MR) is 96.3 cm³/mol. The Kier molecular flexibility index (Phi) is 5.56. The number of nitrogens with one attached hydrogen (secondary N) is 1. The highest BCUT2D eigenvalue weighted by Gasteiger charge is 2.15. The van der Waals surface area contributed by atoms with Crippen LogP contribution >= 0.6 is 23.2 Å². The van der Waals surface area contributed by atoms with Gasteiger partial charge in [0, 0.05) is 6.20 Å². The lowest BCUT2D eigenvalue weighted by molar-refractivity contribution is -0.119. The number of rotatable bonds is 4. The molecule has 1 aromatic carbocycles. The van der Waals surface area contributed by atoms with Crippen LogP contribution in [0, 0.1) is 0 Å². The summed E-state index contributed by atoms with van der Waals surface area (Å²) in [5.41, 5.74) is 2.92. The molecule has 1 amide bonds. The van der Waals surface area contributed by atoms with Gasteiger partial charge in [0.15, 0.2) is 12.4 Å². The van der Waals surface area contributed by atoms with Crippen molar-refractivity contribution in [3.8, 4) is 0 Å². The lowest BCUT2D eigenvalue weighted by Gasteiger charge is -2.16. The largest absolute Gasteiger partial charge is 0.452 e. The number of hydrogen-bond acceptors (Lipinski definition) is 4. The Labute approximate surface area is 155 Å². The zero-order chi connectivity index (χ0) is 17.8. The first-order valence-corrected chi connectivity index (χ1v) is 8.68. The van der Waals surface area contributed by atoms with Gasteiger partial charge in [-0.15, -0.1) is 0 Å². The van der Waals surface area contributed by atoms with Gasteiger partial charge in [-0.05, 0) is 55.0 Å². The van der Waals surface area contributed by atoms with Crippen molar-refractivity contribution in [1.82, 2.24) is 4.98 Å². The molecular formula is C18H16Cl2N2O3. The number of nitrogens with zero attached hydrogens (tertiary/aromatic N) is 1. The number of carbonyl (C=O) groups excluding carboxylic acids is 2. The standard InChI is InChI=1S/C18H16Cl2N2O3/c19-14-8-15(20)17(21-9-14)22-16(23)10-25-18(24)13-6-5-11-3-1-2-4-12(11)7-13/h5-9H,1-4,10H2,(H,21,22,23). The Morgan fingerprint density at radius 1 is 1.12 bits per heavy atom. The van der Waals surface area contributed by atoms with E-state index in [0.29, 0.717) is 10.6 Å². The van der Waals surface area contributed by atoms with Gasteiger partial charge in [0.1, 0.15) is 0 Å². The molecule has 1 aliphatic carbocycles. The summed E-state index contributed by atoms with van der Waals surface area (Å²) in [6, 6.07) is 7.02. The van der Waals surface area contributed by atoms with Gasteiger partial charge in [-0.25, -0.2) is 9.78 Å². The number of aromatic nitrogens is 1. The lowest BCUT2D eigenvalue weighted by atomic mass is 9.90. The molecule has 5 nitrogen and oxygen atoms in total. The second-order valence-corrected chi connectivity index (χ2v) is 6.64. The molecule has 3 rings (SSSR count). The van der Waals surface area contributed by atoms with Gasteiger partial charge in [-0.1, -0.05) is 29.3 Å². The highest BCUT2D eigenvalue weighted by Crippen LogP contribution is 2.23. The summed E-state index contributed by atoms with van der Waals surface area (Å²) in [7, 11) is 0. The van der Waals surface area contributed by atoms with Crippen molar-refractivity contribution in [3.05, 3.63) is 57.2 Å². The van der Waals surface area contributed by atoms with E-state index < -0.39 is 18.5 Å². The number of fused-ring (bicyclic) bond motifs is 1. The normalized spacial score (nSPS) is 13.0. The number of halogens is 2. The van der Waals surface area contributed by atoms with Crippen molar-refractivity contribution in [2.45, 2.75) is 25.7 Å². The van der Waals surface area contributed by atoms with E-state index in [-0.39, 0.29) is 10.8 Å². The second kappa shape index (κ2) is 7.85. The molecule has 1 aliphatic rings. The molecular weight excluding hydrogens is 363 g/mol. The van der Waals surface area contributed by atoms with Crippen LogP contribution in [-0.4, -0.2) is 23.5 Å². The SMILES string of the molecule is O=C(COC(=O)c1ccc2c(c1)CCCC2)Nc1ncc(Cl)cc1Cl. The maximum atomic E-state index is 12.1. The number of pyridine rings is 1. The zero-order valence-corrected chi connectivity index (χ0v) is 14.9. The Balaban J connectivity index is 1.57. The van der Waals surface area contributed by atoms with Crippen LogP contribution in [0.1, 0.15) is 34.3 Å². The fourth-order valence-electron chi connectivity index (χ4n) is 2.75. The molecule has 0 saturated carbocycles. The minimum Gasteiger partial charge on any atom is -0.452 e. The van der Waals surface area contributed by atoms with Crippen LogP contribution in [0.25, 0.3) is 0 Å². The molecule has 0 bridgehead atoms. The summed E-state index contributed by atoms with van der Waals surface area (Å²) in [4.78, 5) is 28.0. The Morgan fingerprint density at radius 2 is 1.88 bits per heavy atom. The second-order valence-electron chi connectivity index (χ2n) is 5.80.